The number of hydrogen-bond acceptors (Lipinski definition) is 10. The largest absolute Gasteiger partial charge is 0.360 e. The number of carbonyl (C=O) groups is 2. The second-order valence-corrected chi connectivity index (χ2v) is 12.1. The molecular weight excluding hydrogens is 578 g/mol. The van der Waals surface area contributed by atoms with E-state index < -0.39 is 31.7 Å². The summed E-state index contributed by atoms with van der Waals surface area (Å²) in [5.41, 5.74) is -0.322. The van der Waals surface area contributed by atoms with E-state index in [-0.39, 0.29) is 52.4 Å². The van der Waals surface area contributed by atoms with Crippen LogP contribution in [0, 0.1) is 20.2 Å². The molecule has 1 aliphatic heterocycles. The Kier molecular flexibility index (Phi) is 9.04. The zero-order valence-corrected chi connectivity index (χ0v) is 22.8. The van der Waals surface area contributed by atoms with Crippen molar-refractivity contribution in [3.63, 3.8) is 0 Å². The van der Waals surface area contributed by atoms with Gasteiger partial charge in [0.2, 0.25) is 10.0 Å². The number of non-ortho nitro benzene ring substituents is 2. The predicted octanol–water partition coefficient (Wildman–Crippen LogP) is 3.46. The van der Waals surface area contributed by atoms with Crippen LogP contribution in [0.2, 0.25) is 0 Å². The highest BCUT2D eigenvalue weighted by Crippen LogP contribution is 2.27. The van der Waals surface area contributed by atoms with Gasteiger partial charge in [0.1, 0.15) is 9.32 Å². The lowest BCUT2D eigenvalue weighted by molar-refractivity contribution is -0.385. The average molecular weight is 601 g/mol. The molecule has 1 aromatic heterocycles. The van der Waals surface area contributed by atoms with Gasteiger partial charge in [-0.15, -0.1) is 11.3 Å². The van der Waals surface area contributed by atoms with Gasteiger partial charge in [0.05, 0.1) is 15.4 Å². The fourth-order valence-corrected chi connectivity index (χ4v) is 6.86. The molecule has 0 radical (unpaired) electrons. The number of nitrogens with one attached hydrogen (secondary N) is 1. The van der Waals surface area contributed by atoms with Crippen molar-refractivity contribution in [2.24, 2.45) is 10.2 Å². The van der Waals surface area contributed by atoms with Gasteiger partial charge < -0.3 is 5.32 Å². The van der Waals surface area contributed by atoms with Crippen LogP contribution >= 0.6 is 11.3 Å². The Balaban J connectivity index is 1.31. The Morgan fingerprint density at radius 2 is 1.59 bits per heavy atom. The first-order chi connectivity index (χ1) is 19.5. The Bertz CT molecular complexity index is 1670. The molecule has 3 aromatic rings. The molecule has 0 unspecified atom stereocenters. The lowest BCUT2D eigenvalue weighted by Gasteiger charge is -2.31. The third kappa shape index (κ3) is 7.29. The van der Waals surface area contributed by atoms with Crippen LogP contribution in [0.1, 0.15) is 38.4 Å². The van der Waals surface area contributed by atoms with E-state index in [1.54, 1.807) is 6.07 Å². The van der Waals surface area contributed by atoms with Gasteiger partial charge in [-0.05, 0) is 37.1 Å². The average Bonchev–Trinajstić information content (AvgIpc) is 3.45. The van der Waals surface area contributed by atoms with E-state index in [9.17, 15) is 38.2 Å². The van der Waals surface area contributed by atoms with Crippen molar-refractivity contribution >= 4 is 44.5 Å². The first kappa shape index (κ1) is 29.3. The monoisotopic (exact) mass is 600 g/mol. The maximum Gasteiger partial charge on any atom is 0.360 e. The minimum absolute atomic E-state index is 0.0185. The summed E-state index contributed by atoms with van der Waals surface area (Å²) in [4.78, 5) is 49.2. The topological polar surface area (TPSA) is 209 Å². The SMILES string of the molecule is O=C(N=[N+]=NCc1ccc(S(=O)(=O)N2CCC(NC(=O)c3cccc([N+](=O)[O-])c3)CC2)s1)c1cccc([N+](=O)[O-])c1. The molecule has 15 nitrogen and oxygen atoms in total. The molecule has 0 saturated carbocycles. The lowest BCUT2D eigenvalue weighted by Crippen LogP contribution is -2.46. The Morgan fingerprint density at radius 1 is 0.976 bits per heavy atom. The number of rotatable bonds is 9. The summed E-state index contributed by atoms with van der Waals surface area (Å²) in [5.74, 6) is -1.28. The number of nitrogens with zero attached hydrogens (tertiary/aromatic N) is 6. The van der Waals surface area contributed by atoms with Gasteiger partial charge in [-0.2, -0.15) is 4.31 Å². The van der Waals surface area contributed by atoms with E-state index in [1.807, 2.05) is 0 Å². The lowest BCUT2D eigenvalue weighted by atomic mass is 10.1. The smallest absolute Gasteiger partial charge is 0.349 e. The molecule has 4 rings (SSSR count). The molecule has 1 saturated heterocycles. The van der Waals surface area contributed by atoms with Crippen LogP contribution in [0.5, 0.6) is 0 Å². The van der Waals surface area contributed by atoms with Crippen molar-refractivity contribution in [3.8, 4) is 0 Å². The molecule has 0 atom stereocenters. The van der Waals surface area contributed by atoms with E-state index in [0.29, 0.717) is 17.7 Å². The number of benzene rings is 2. The summed E-state index contributed by atoms with van der Waals surface area (Å²) < 4.78 is 27.7. The number of hydrogen-bond donors (Lipinski definition) is 1. The van der Waals surface area contributed by atoms with Crippen LogP contribution in [0.15, 0.2) is 75.1 Å². The molecule has 1 N–H and O–H groups in total. The molecular formula is C24H22N7O8S2+. The second kappa shape index (κ2) is 12.6. The number of nitro groups is 2. The van der Waals surface area contributed by atoms with Crippen LogP contribution in [0.3, 0.4) is 0 Å². The molecule has 0 aliphatic carbocycles. The van der Waals surface area contributed by atoms with Gasteiger partial charge in [-0.3, -0.25) is 29.8 Å². The van der Waals surface area contributed by atoms with Gasteiger partial charge >= 0.3 is 5.91 Å². The first-order valence-corrected chi connectivity index (χ1v) is 14.3. The molecule has 0 bridgehead atoms. The standard InChI is InChI=1S/C24H21N7O8S2/c32-23(16-3-1-5-19(13-16)30(34)35)26-18-9-11-29(12-10-18)41(38,39)22-8-7-21(40-22)15-25-28-27-24(33)17-4-2-6-20(14-17)31(36)37/h1-8,13-14,18H,9-12,15H2/p+1. The van der Waals surface area contributed by atoms with Crippen molar-refractivity contribution in [3.05, 3.63) is 96.9 Å². The van der Waals surface area contributed by atoms with E-state index >= 15 is 0 Å². The maximum atomic E-state index is 13.1. The zero-order valence-electron chi connectivity index (χ0n) is 21.2. The minimum Gasteiger partial charge on any atom is -0.349 e. The Labute approximate surface area is 236 Å². The molecule has 41 heavy (non-hydrogen) atoms. The number of thiophene rings is 1. The van der Waals surface area contributed by atoms with Gasteiger partial charge in [0.15, 0.2) is 6.54 Å². The molecule has 17 heteroatoms. The van der Waals surface area contributed by atoms with Crippen molar-refractivity contribution in [2.45, 2.75) is 29.6 Å². The second-order valence-electron chi connectivity index (χ2n) is 8.78. The number of nitro benzene ring substituents is 2. The van der Waals surface area contributed by atoms with Crippen LogP contribution < -0.4 is 10.2 Å². The molecule has 1 aliphatic rings. The Hall–Kier alpha value is -4.70. The Morgan fingerprint density at radius 3 is 2.22 bits per heavy atom. The fourth-order valence-electron chi connectivity index (χ4n) is 3.96. The van der Waals surface area contributed by atoms with Gasteiger partial charge in [0.25, 0.3) is 27.3 Å². The highest BCUT2D eigenvalue weighted by atomic mass is 32.2. The number of sulfonamides is 1. The van der Waals surface area contributed by atoms with Gasteiger partial charge in [0, 0.05) is 53.8 Å². The zero-order chi connectivity index (χ0) is 29.6. The molecule has 1 fully saturated rings. The molecule has 212 valence electrons. The van der Waals surface area contributed by atoms with Crippen molar-refractivity contribution in [1.82, 2.24) is 14.5 Å². The molecule has 2 heterocycles. The number of carbonyl (C=O) groups excluding carboxylic acids is 2. The fraction of sp³-hybridized carbons (Fsp3) is 0.250. The third-order valence-electron chi connectivity index (χ3n) is 6.07. The third-order valence-corrected chi connectivity index (χ3v) is 9.50. The molecule has 2 aromatic carbocycles. The predicted molar refractivity (Wildman–Crippen MR) is 145 cm³/mol. The van der Waals surface area contributed by atoms with E-state index in [4.69, 9.17) is 0 Å². The molecule has 0 spiro atoms. The first-order valence-electron chi connectivity index (χ1n) is 12.0. The van der Waals surface area contributed by atoms with Gasteiger partial charge in [-0.25, -0.2) is 8.42 Å². The normalized spacial score (nSPS) is 14.0. The summed E-state index contributed by atoms with van der Waals surface area (Å²) >= 11 is 0.997. The van der Waals surface area contributed by atoms with Crippen molar-refractivity contribution in [2.75, 3.05) is 13.1 Å². The maximum absolute atomic E-state index is 13.1. The highest BCUT2D eigenvalue weighted by Gasteiger charge is 2.31. The van der Waals surface area contributed by atoms with Gasteiger partial charge in [-0.1, -0.05) is 12.1 Å². The summed E-state index contributed by atoms with van der Waals surface area (Å²) in [6.07, 6.45) is 0.735. The van der Waals surface area contributed by atoms with Crippen LogP contribution in [0.25, 0.3) is 0 Å². The van der Waals surface area contributed by atoms with Crippen LogP contribution in [-0.2, 0) is 16.6 Å². The molecule has 2 amide bonds. The highest BCUT2D eigenvalue weighted by molar-refractivity contribution is 7.91. The number of piperidine rings is 1. The van der Waals surface area contributed by atoms with Crippen LogP contribution in [-0.4, -0.2) is 53.5 Å². The number of amides is 2. The van der Waals surface area contributed by atoms with Crippen LogP contribution in [0.4, 0.5) is 11.4 Å². The van der Waals surface area contributed by atoms with E-state index in [0.717, 1.165) is 17.4 Å². The quantitative estimate of drug-likeness (QED) is 0.166. The van der Waals surface area contributed by atoms with E-state index in [2.05, 4.69) is 20.5 Å². The van der Waals surface area contributed by atoms with E-state index in [1.165, 1.54) is 52.8 Å². The summed E-state index contributed by atoms with van der Waals surface area (Å²) in [6.45, 7) is 0.319. The van der Waals surface area contributed by atoms with Crippen molar-refractivity contribution < 1.29 is 27.9 Å². The summed E-state index contributed by atoms with van der Waals surface area (Å²) in [7, 11) is -3.79. The van der Waals surface area contributed by atoms with Crippen molar-refractivity contribution in [1.29, 1.82) is 0 Å². The minimum atomic E-state index is -3.79. The summed E-state index contributed by atoms with van der Waals surface area (Å²) in [5, 5.41) is 31.8. The summed E-state index contributed by atoms with van der Waals surface area (Å²) in [6, 6.07) is 13.1.